The summed E-state index contributed by atoms with van der Waals surface area (Å²) in [5.74, 6) is 0.360. The van der Waals surface area contributed by atoms with Crippen LogP contribution in [0.4, 0.5) is 0 Å². The Labute approximate surface area is 116 Å². The third-order valence-electron chi connectivity index (χ3n) is 3.32. The number of hydrogen-bond donors (Lipinski definition) is 2. The molecule has 106 valence electrons. The lowest BCUT2D eigenvalue weighted by molar-refractivity contribution is -0.123. The van der Waals surface area contributed by atoms with Crippen LogP contribution in [-0.2, 0) is 4.79 Å². The number of hydrogen-bond acceptors (Lipinski definition) is 2. The van der Waals surface area contributed by atoms with Gasteiger partial charge in [-0.15, -0.1) is 0 Å². The molecule has 0 heterocycles. The summed E-state index contributed by atoms with van der Waals surface area (Å²) in [6, 6.07) is 5.85. The highest BCUT2D eigenvalue weighted by Crippen LogP contribution is 2.19. The van der Waals surface area contributed by atoms with Gasteiger partial charge in [0.1, 0.15) is 0 Å². The Hall–Kier alpha value is -1.35. The van der Waals surface area contributed by atoms with E-state index < -0.39 is 6.04 Å². The molecule has 3 N–H and O–H groups in total. The summed E-state index contributed by atoms with van der Waals surface area (Å²) in [4.78, 5) is 12.0. The topological polar surface area (TPSA) is 55.1 Å². The van der Waals surface area contributed by atoms with Crippen LogP contribution >= 0.6 is 0 Å². The summed E-state index contributed by atoms with van der Waals surface area (Å²) in [6.07, 6.45) is 0.714. The third kappa shape index (κ3) is 4.67. The van der Waals surface area contributed by atoms with Gasteiger partial charge in [-0.1, -0.05) is 37.6 Å². The van der Waals surface area contributed by atoms with Crippen molar-refractivity contribution in [2.45, 2.75) is 53.1 Å². The van der Waals surface area contributed by atoms with Gasteiger partial charge in [0.05, 0.1) is 12.1 Å². The number of carbonyl (C=O) groups excluding carboxylic acids is 1. The van der Waals surface area contributed by atoms with Gasteiger partial charge in [0.2, 0.25) is 5.91 Å². The fraction of sp³-hybridized carbons (Fsp3) is 0.562. The van der Waals surface area contributed by atoms with Crippen LogP contribution in [-0.4, -0.2) is 11.9 Å². The third-order valence-corrected chi connectivity index (χ3v) is 3.32. The number of carbonyl (C=O) groups is 1. The number of nitrogens with one attached hydrogen (secondary N) is 1. The van der Waals surface area contributed by atoms with Gasteiger partial charge in [-0.25, -0.2) is 0 Å². The molecule has 1 unspecified atom stereocenters. The van der Waals surface area contributed by atoms with Crippen LogP contribution in [0.2, 0.25) is 0 Å². The van der Waals surface area contributed by atoms with Crippen LogP contribution in [0.15, 0.2) is 18.2 Å². The molecule has 0 spiro atoms. The molecule has 1 aromatic rings. The molecule has 0 aliphatic heterocycles. The first kappa shape index (κ1) is 15.7. The average molecular weight is 262 g/mol. The highest BCUT2D eigenvalue weighted by Gasteiger charge is 2.18. The average Bonchev–Trinajstić information content (AvgIpc) is 2.31. The van der Waals surface area contributed by atoms with Crippen LogP contribution in [0.5, 0.6) is 0 Å². The molecule has 1 rings (SSSR count). The molecule has 0 bridgehead atoms. The second kappa shape index (κ2) is 6.71. The Bertz CT molecular complexity index is 440. The first-order valence-electron chi connectivity index (χ1n) is 6.94. The number of rotatable bonds is 5. The zero-order chi connectivity index (χ0) is 14.6. The molecule has 19 heavy (non-hydrogen) atoms. The van der Waals surface area contributed by atoms with Crippen molar-refractivity contribution in [1.82, 2.24) is 5.32 Å². The summed E-state index contributed by atoms with van der Waals surface area (Å²) in [5.41, 5.74) is 9.45. The largest absolute Gasteiger partial charge is 0.348 e. The van der Waals surface area contributed by atoms with Gasteiger partial charge >= 0.3 is 0 Å². The van der Waals surface area contributed by atoms with E-state index in [4.69, 9.17) is 5.73 Å². The van der Waals surface area contributed by atoms with Gasteiger partial charge < -0.3 is 11.1 Å². The minimum Gasteiger partial charge on any atom is -0.348 e. The molecular weight excluding hydrogens is 236 g/mol. The Morgan fingerprint density at radius 3 is 2.47 bits per heavy atom. The highest BCUT2D eigenvalue weighted by atomic mass is 16.2. The van der Waals surface area contributed by atoms with Crippen molar-refractivity contribution in [3.63, 3.8) is 0 Å². The standard InChI is InChI=1S/C16H26N2O/c1-10(2)8-15(17)16(19)18-13(5)14-9-11(3)6-7-12(14)4/h6-7,9-10,13,15H,8,17H2,1-5H3,(H,18,19)/t13?,15-/m1/s1. The molecule has 1 aromatic carbocycles. The van der Waals surface area contributed by atoms with E-state index in [1.54, 1.807) is 0 Å². The second-order valence-corrected chi connectivity index (χ2v) is 5.83. The minimum atomic E-state index is -0.424. The molecule has 1 amide bonds. The number of nitrogens with two attached hydrogens (primary N) is 1. The van der Waals surface area contributed by atoms with Gasteiger partial charge in [-0.2, -0.15) is 0 Å². The Kier molecular flexibility index (Phi) is 5.55. The molecule has 0 aromatic heterocycles. The molecule has 0 aliphatic rings. The molecule has 0 radical (unpaired) electrons. The van der Waals surface area contributed by atoms with Crippen molar-refractivity contribution in [3.05, 3.63) is 34.9 Å². The predicted molar refractivity (Wildman–Crippen MR) is 79.9 cm³/mol. The van der Waals surface area contributed by atoms with E-state index in [-0.39, 0.29) is 11.9 Å². The Morgan fingerprint density at radius 1 is 1.26 bits per heavy atom. The van der Waals surface area contributed by atoms with Crippen LogP contribution in [0.3, 0.4) is 0 Å². The molecule has 3 heteroatoms. The summed E-state index contributed by atoms with van der Waals surface area (Å²) in [6.45, 7) is 10.3. The molecular formula is C16H26N2O. The highest BCUT2D eigenvalue weighted by molar-refractivity contribution is 5.81. The SMILES string of the molecule is Cc1ccc(C)c(C(C)NC(=O)[C@H](N)CC(C)C)c1. The monoisotopic (exact) mass is 262 g/mol. The zero-order valence-electron chi connectivity index (χ0n) is 12.7. The first-order valence-corrected chi connectivity index (χ1v) is 6.94. The van der Waals surface area contributed by atoms with Gasteiger partial charge in [0, 0.05) is 0 Å². The fourth-order valence-corrected chi connectivity index (χ4v) is 2.24. The molecule has 0 saturated carbocycles. The van der Waals surface area contributed by atoms with Crippen molar-refractivity contribution in [3.8, 4) is 0 Å². The van der Waals surface area contributed by atoms with Crippen LogP contribution in [0.25, 0.3) is 0 Å². The van der Waals surface area contributed by atoms with Gasteiger partial charge in [-0.05, 0) is 44.2 Å². The normalized spacial score (nSPS) is 14.3. The summed E-state index contributed by atoms with van der Waals surface area (Å²) < 4.78 is 0. The summed E-state index contributed by atoms with van der Waals surface area (Å²) in [5, 5.41) is 3.01. The number of aryl methyl sites for hydroxylation is 2. The van der Waals surface area contributed by atoms with Crippen molar-refractivity contribution in [2.24, 2.45) is 11.7 Å². The Balaban J connectivity index is 2.71. The maximum absolute atomic E-state index is 12.0. The van der Waals surface area contributed by atoms with Crippen molar-refractivity contribution in [2.75, 3.05) is 0 Å². The van der Waals surface area contributed by atoms with Crippen LogP contribution in [0, 0.1) is 19.8 Å². The van der Waals surface area contributed by atoms with Gasteiger partial charge in [-0.3, -0.25) is 4.79 Å². The van der Waals surface area contributed by atoms with E-state index in [2.05, 4.69) is 51.2 Å². The van der Waals surface area contributed by atoms with E-state index >= 15 is 0 Å². The van der Waals surface area contributed by atoms with Crippen LogP contribution in [0.1, 0.15) is 49.9 Å². The van der Waals surface area contributed by atoms with E-state index in [1.807, 2.05) is 6.92 Å². The minimum absolute atomic E-state index is 0.00869. The van der Waals surface area contributed by atoms with Crippen molar-refractivity contribution < 1.29 is 4.79 Å². The van der Waals surface area contributed by atoms with Gasteiger partial charge in [0.15, 0.2) is 0 Å². The maximum Gasteiger partial charge on any atom is 0.237 e. The summed E-state index contributed by atoms with van der Waals surface area (Å²) in [7, 11) is 0. The van der Waals surface area contributed by atoms with E-state index in [0.29, 0.717) is 12.3 Å². The van der Waals surface area contributed by atoms with Gasteiger partial charge in [0.25, 0.3) is 0 Å². The van der Waals surface area contributed by atoms with Crippen molar-refractivity contribution in [1.29, 1.82) is 0 Å². The van der Waals surface area contributed by atoms with E-state index in [0.717, 1.165) is 5.56 Å². The lowest BCUT2D eigenvalue weighted by Crippen LogP contribution is -2.42. The number of benzene rings is 1. The predicted octanol–water partition coefficient (Wildman–Crippen LogP) is 2.85. The zero-order valence-corrected chi connectivity index (χ0v) is 12.7. The number of amides is 1. The lowest BCUT2D eigenvalue weighted by atomic mass is 9.99. The fourth-order valence-electron chi connectivity index (χ4n) is 2.24. The maximum atomic E-state index is 12.0. The second-order valence-electron chi connectivity index (χ2n) is 5.83. The van der Waals surface area contributed by atoms with Crippen molar-refractivity contribution >= 4 is 5.91 Å². The molecule has 0 fully saturated rings. The van der Waals surface area contributed by atoms with E-state index in [9.17, 15) is 4.79 Å². The summed E-state index contributed by atoms with van der Waals surface area (Å²) >= 11 is 0. The first-order chi connectivity index (χ1) is 8.81. The lowest BCUT2D eigenvalue weighted by Gasteiger charge is -2.20. The van der Waals surface area contributed by atoms with E-state index in [1.165, 1.54) is 11.1 Å². The smallest absolute Gasteiger partial charge is 0.237 e. The molecule has 2 atom stereocenters. The molecule has 0 aliphatic carbocycles. The molecule has 3 nitrogen and oxygen atoms in total. The quantitative estimate of drug-likeness (QED) is 0.857. The molecule has 0 saturated heterocycles. The van der Waals surface area contributed by atoms with Crippen LogP contribution < -0.4 is 11.1 Å². The Morgan fingerprint density at radius 2 is 1.89 bits per heavy atom.